The molecule has 0 aliphatic rings. The van der Waals surface area contributed by atoms with E-state index in [1.165, 1.54) is 5.56 Å². The van der Waals surface area contributed by atoms with E-state index in [0.29, 0.717) is 13.2 Å². The molecule has 0 amide bonds. The Kier molecular flexibility index (Phi) is 5.97. The summed E-state index contributed by atoms with van der Waals surface area (Å²) in [5.74, 6) is -0.608. The third-order valence-electron chi connectivity index (χ3n) is 2.80. The Bertz CT molecular complexity index is 610. The molecule has 0 radical (unpaired) electrons. The van der Waals surface area contributed by atoms with Gasteiger partial charge >= 0.3 is 6.01 Å². The number of aromatic nitrogens is 2. The molecule has 2 aromatic rings. The fourth-order valence-electron chi connectivity index (χ4n) is 1.67. The maximum absolute atomic E-state index is 13.6. The number of anilines is 1. The summed E-state index contributed by atoms with van der Waals surface area (Å²) in [4.78, 5) is 7.79. The topological polar surface area (TPSA) is 56.3 Å². The van der Waals surface area contributed by atoms with Crippen molar-refractivity contribution in [3.05, 3.63) is 47.4 Å². The Morgan fingerprint density at radius 3 is 2.73 bits per heavy atom. The molecular formula is C15H18FN3O2S. The van der Waals surface area contributed by atoms with Gasteiger partial charge in [0.2, 0.25) is 0 Å². The molecule has 0 aliphatic heterocycles. The van der Waals surface area contributed by atoms with E-state index in [4.69, 9.17) is 9.47 Å². The zero-order chi connectivity index (χ0) is 15.9. The monoisotopic (exact) mass is 323 g/mol. The van der Waals surface area contributed by atoms with Crippen molar-refractivity contribution in [3.8, 4) is 6.01 Å². The van der Waals surface area contributed by atoms with Crippen molar-refractivity contribution in [2.75, 3.05) is 11.9 Å². The minimum atomic E-state index is -0.653. The summed E-state index contributed by atoms with van der Waals surface area (Å²) in [7, 11) is 0. The van der Waals surface area contributed by atoms with Crippen LogP contribution in [-0.4, -0.2) is 22.1 Å². The van der Waals surface area contributed by atoms with E-state index in [2.05, 4.69) is 27.9 Å². The maximum Gasteiger partial charge on any atom is 0.318 e. The summed E-state index contributed by atoms with van der Waals surface area (Å²) in [6.07, 6.45) is 1.05. The van der Waals surface area contributed by atoms with Crippen LogP contribution in [0.15, 0.2) is 30.5 Å². The van der Waals surface area contributed by atoms with Gasteiger partial charge in [-0.1, -0.05) is 29.8 Å². The van der Waals surface area contributed by atoms with Crippen LogP contribution in [0.5, 0.6) is 6.01 Å². The van der Waals surface area contributed by atoms with Crippen LogP contribution >= 0.6 is 12.6 Å². The maximum atomic E-state index is 13.6. The summed E-state index contributed by atoms with van der Waals surface area (Å²) in [6.45, 7) is 4.58. The van der Waals surface area contributed by atoms with Gasteiger partial charge < -0.3 is 14.8 Å². The highest BCUT2D eigenvalue weighted by atomic mass is 32.1. The van der Waals surface area contributed by atoms with Crippen LogP contribution in [0.2, 0.25) is 0 Å². The molecule has 2 rings (SSSR count). The van der Waals surface area contributed by atoms with E-state index in [9.17, 15) is 4.39 Å². The molecule has 118 valence electrons. The zero-order valence-electron chi connectivity index (χ0n) is 12.4. The second-order valence-corrected chi connectivity index (χ2v) is 5.04. The van der Waals surface area contributed by atoms with E-state index in [1.807, 2.05) is 38.1 Å². The summed E-state index contributed by atoms with van der Waals surface area (Å²) in [6, 6.07) is 7.98. The van der Waals surface area contributed by atoms with E-state index < -0.39 is 11.4 Å². The number of hydrogen-bond acceptors (Lipinski definition) is 6. The van der Waals surface area contributed by atoms with E-state index in [1.54, 1.807) is 0 Å². The van der Waals surface area contributed by atoms with Crippen molar-refractivity contribution in [2.45, 2.75) is 26.0 Å². The molecule has 1 heterocycles. The lowest BCUT2D eigenvalue weighted by Gasteiger charge is -2.14. The molecule has 7 heteroatoms. The first-order valence-corrected chi connectivity index (χ1v) is 7.37. The molecule has 0 saturated heterocycles. The van der Waals surface area contributed by atoms with Crippen LogP contribution in [0.3, 0.4) is 0 Å². The van der Waals surface area contributed by atoms with Crippen molar-refractivity contribution in [1.29, 1.82) is 0 Å². The number of aryl methyl sites for hydroxylation is 1. The minimum absolute atomic E-state index is 0.0117. The fraction of sp³-hybridized carbons (Fsp3) is 0.333. The molecule has 0 unspecified atom stereocenters. The highest BCUT2D eigenvalue weighted by molar-refractivity contribution is 7.80. The Labute approximate surface area is 134 Å². The quantitative estimate of drug-likeness (QED) is 0.605. The van der Waals surface area contributed by atoms with Gasteiger partial charge in [-0.15, -0.1) is 12.6 Å². The van der Waals surface area contributed by atoms with E-state index >= 15 is 0 Å². The number of hydrogen-bond donors (Lipinski definition) is 2. The zero-order valence-corrected chi connectivity index (χ0v) is 13.3. The van der Waals surface area contributed by atoms with E-state index in [0.717, 1.165) is 11.8 Å². The van der Waals surface area contributed by atoms with Crippen LogP contribution in [0.4, 0.5) is 10.2 Å². The largest absolute Gasteiger partial charge is 0.459 e. The lowest BCUT2D eigenvalue weighted by Crippen LogP contribution is -2.18. The molecule has 1 atom stereocenters. The molecule has 5 nitrogen and oxygen atoms in total. The summed E-state index contributed by atoms with van der Waals surface area (Å²) < 4.78 is 24.3. The Morgan fingerprint density at radius 2 is 2.05 bits per heavy atom. The molecule has 0 fully saturated rings. The van der Waals surface area contributed by atoms with Crippen molar-refractivity contribution in [3.63, 3.8) is 0 Å². The van der Waals surface area contributed by atoms with Gasteiger partial charge in [-0.05, 0) is 19.4 Å². The second kappa shape index (κ2) is 7.95. The van der Waals surface area contributed by atoms with Crippen molar-refractivity contribution in [2.24, 2.45) is 0 Å². The third kappa shape index (κ3) is 4.85. The van der Waals surface area contributed by atoms with Crippen LogP contribution in [-0.2, 0) is 11.3 Å². The normalized spacial score (nSPS) is 12.0. The number of benzene rings is 1. The molecule has 22 heavy (non-hydrogen) atoms. The lowest BCUT2D eigenvalue weighted by atomic mass is 10.2. The Balaban J connectivity index is 2.00. The van der Waals surface area contributed by atoms with Gasteiger partial charge in [-0.3, -0.25) is 0 Å². The predicted molar refractivity (Wildman–Crippen MR) is 85.5 cm³/mol. The van der Waals surface area contributed by atoms with Gasteiger partial charge in [0.1, 0.15) is 6.61 Å². The van der Waals surface area contributed by atoms with Gasteiger partial charge in [0, 0.05) is 6.61 Å². The summed E-state index contributed by atoms with van der Waals surface area (Å²) >= 11 is 4.12. The molecule has 0 aliphatic carbocycles. The highest BCUT2D eigenvalue weighted by Gasteiger charge is 2.11. The summed E-state index contributed by atoms with van der Waals surface area (Å²) in [5.41, 5.74) is 1.50. The first-order valence-electron chi connectivity index (χ1n) is 6.85. The van der Waals surface area contributed by atoms with Crippen LogP contribution in [0.25, 0.3) is 0 Å². The predicted octanol–water partition coefficient (Wildman–Crippen LogP) is 3.16. The number of ether oxygens (including phenoxy) is 2. The van der Waals surface area contributed by atoms with Crippen LogP contribution < -0.4 is 10.1 Å². The van der Waals surface area contributed by atoms with E-state index in [-0.39, 0.29) is 11.8 Å². The number of rotatable bonds is 7. The number of halogens is 1. The molecular weight excluding hydrogens is 305 g/mol. The first-order chi connectivity index (χ1) is 10.6. The SMILES string of the molecule is CCO[C@H](S)Nc1nc(OCc2ccc(C)cc2)ncc1F. The van der Waals surface area contributed by atoms with Gasteiger partial charge in [-0.2, -0.15) is 4.98 Å². The molecule has 0 spiro atoms. The van der Waals surface area contributed by atoms with Gasteiger partial charge in [0.15, 0.2) is 17.2 Å². The average molecular weight is 323 g/mol. The van der Waals surface area contributed by atoms with Gasteiger partial charge in [0.25, 0.3) is 0 Å². The van der Waals surface area contributed by atoms with Crippen molar-refractivity contribution >= 4 is 18.4 Å². The number of nitrogens with one attached hydrogen (secondary N) is 1. The lowest BCUT2D eigenvalue weighted by molar-refractivity contribution is 0.143. The molecule has 0 bridgehead atoms. The average Bonchev–Trinajstić information content (AvgIpc) is 2.50. The third-order valence-corrected chi connectivity index (χ3v) is 3.07. The highest BCUT2D eigenvalue weighted by Crippen LogP contribution is 2.16. The molecule has 1 aromatic heterocycles. The number of thiol groups is 1. The standard InChI is InChI=1S/C15H18FN3O2S/c1-3-20-15(22)19-13-12(16)8-17-14(18-13)21-9-11-6-4-10(2)5-7-11/h4-8,15,22H,3,9H2,1-2H3,(H,17,18,19)/t15-/m1/s1. The van der Waals surface area contributed by atoms with Crippen molar-refractivity contribution < 1.29 is 13.9 Å². The number of nitrogens with zero attached hydrogens (tertiary/aromatic N) is 2. The first kappa shape index (κ1) is 16.5. The van der Waals surface area contributed by atoms with Gasteiger partial charge in [-0.25, -0.2) is 9.37 Å². The smallest absolute Gasteiger partial charge is 0.318 e. The molecule has 1 N–H and O–H groups in total. The second-order valence-electron chi connectivity index (χ2n) is 4.58. The van der Waals surface area contributed by atoms with Crippen LogP contribution in [0, 0.1) is 12.7 Å². The summed E-state index contributed by atoms with van der Waals surface area (Å²) in [5, 5.41) is 2.69. The Hall–Kier alpha value is -1.86. The minimum Gasteiger partial charge on any atom is -0.459 e. The molecule has 0 saturated carbocycles. The fourth-order valence-corrected chi connectivity index (χ4v) is 1.94. The molecule has 1 aromatic carbocycles. The van der Waals surface area contributed by atoms with Crippen LogP contribution in [0.1, 0.15) is 18.1 Å². The van der Waals surface area contributed by atoms with Crippen molar-refractivity contribution in [1.82, 2.24) is 9.97 Å². The van der Waals surface area contributed by atoms with Gasteiger partial charge in [0.05, 0.1) is 6.20 Å². The Morgan fingerprint density at radius 1 is 1.32 bits per heavy atom.